The molecule has 1 aromatic heterocycles. The normalized spacial score (nSPS) is 17.2. The minimum Gasteiger partial charge on any atom is -0.456 e. The van der Waals surface area contributed by atoms with Crippen LogP contribution in [-0.4, -0.2) is 21.5 Å². The molecule has 148 valence electrons. The van der Waals surface area contributed by atoms with Gasteiger partial charge in [0.15, 0.2) is 0 Å². The monoisotopic (exact) mass is 382 g/mol. The van der Waals surface area contributed by atoms with E-state index < -0.39 is 17.4 Å². The first-order valence-electron chi connectivity index (χ1n) is 9.66. The van der Waals surface area contributed by atoms with E-state index in [1.54, 1.807) is 26.8 Å². The third kappa shape index (κ3) is 4.64. The molecule has 1 heterocycles. The number of carbonyl (C=O) groups excluding carboxylic acids is 1. The second-order valence-corrected chi connectivity index (χ2v) is 8.45. The molecule has 0 N–H and O–H groups in total. The predicted octanol–water partition coefficient (Wildman–Crippen LogP) is 5.76. The maximum atomic E-state index is 14.6. The molecule has 0 bridgehead atoms. The van der Waals surface area contributed by atoms with Gasteiger partial charge in [0.05, 0.1) is 22.6 Å². The fourth-order valence-electron chi connectivity index (χ4n) is 3.33. The van der Waals surface area contributed by atoms with Gasteiger partial charge in [0.2, 0.25) is 0 Å². The fourth-order valence-corrected chi connectivity index (χ4v) is 3.33. The lowest BCUT2D eigenvalue weighted by molar-refractivity contribution is 0.00647. The number of esters is 1. The Morgan fingerprint density at radius 1 is 1.25 bits per heavy atom. The molecule has 0 spiro atoms. The average molecular weight is 382 g/mol. The molecular weight excluding hydrogens is 355 g/mol. The van der Waals surface area contributed by atoms with Crippen molar-refractivity contribution in [3.05, 3.63) is 58.8 Å². The van der Waals surface area contributed by atoms with Crippen LogP contribution in [-0.2, 0) is 4.74 Å². The number of hydrogen-bond acceptors (Lipinski definition) is 4. The van der Waals surface area contributed by atoms with E-state index >= 15 is 0 Å². The smallest absolute Gasteiger partial charge is 0.341 e. The molecule has 2 aromatic rings. The Morgan fingerprint density at radius 3 is 2.61 bits per heavy atom. The van der Waals surface area contributed by atoms with E-state index in [0.717, 1.165) is 30.7 Å². The molecule has 1 aliphatic carbocycles. The summed E-state index contributed by atoms with van der Waals surface area (Å²) in [5.74, 6) is -0.950. The number of halogens is 1. The van der Waals surface area contributed by atoms with Crippen LogP contribution in [0.4, 0.5) is 4.39 Å². The standard InChI is InChI=1S/C23H27FN2O2/c1-14-6-8-16(9-7-14)20-13-25-15(2)21(26-20)17-10-11-18(19(24)12-17)22(27)28-23(3,4)5/h6,10-13,16H,7-9H2,1-5H3. The lowest BCUT2D eigenvalue weighted by Gasteiger charge is -2.21. The highest BCUT2D eigenvalue weighted by atomic mass is 19.1. The predicted molar refractivity (Wildman–Crippen MR) is 108 cm³/mol. The van der Waals surface area contributed by atoms with Crippen LogP contribution in [0.1, 0.15) is 74.6 Å². The number of allylic oxidation sites excluding steroid dienone is 2. The first kappa shape index (κ1) is 20.2. The number of benzene rings is 1. The van der Waals surface area contributed by atoms with Gasteiger partial charge in [-0.1, -0.05) is 17.7 Å². The largest absolute Gasteiger partial charge is 0.456 e. The number of hydrogen-bond donors (Lipinski definition) is 0. The van der Waals surface area contributed by atoms with Crippen LogP contribution >= 0.6 is 0 Å². The molecule has 0 radical (unpaired) electrons. The van der Waals surface area contributed by atoms with Gasteiger partial charge >= 0.3 is 5.97 Å². The van der Waals surface area contributed by atoms with Gasteiger partial charge in [0.1, 0.15) is 11.4 Å². The zero-order valence-corrected chi connectivity index (χ0v) is 17.2. The molecular formula is C23H27FN2O2. The van der Waals surface area contributed by atoms with E-state index in [-0.39, 0.29) is 5.56 Å². The first-order chi connectivity index (χ1) is 13.1. The van der Waals surface area contributed by atoms with Crippen molar-refractivity contribution in [1.82, 2.24) is 9.97 Å². The van der Waals surface area contributed by atoms with Crippen molar-refractivity contribution in [3.63, 3.8) is 0 Å². The van der Waals surface area contributed by atoms with E-state index in [2.05, 4.69) is 18.0 Å². The maximum Gasteiger partial charge on any atom is 0.341 e. The van der Waals surface area contributed by atoms with E-state index in [1.807, 2.05) is 13.1 Å². The summed E-state index contributed by atoms with van der Waals surface area (Å²) >= 11 is 0. The van der Waals surface area contributed by atoms with Crippen LogP contribution in [0.5, 0.6) is 0 Å². The molecule has 0 fully saturated rings. The van der Waals surface area contributed by atoms with Gasteiger partial charge in [-0.3, -0.25) is 4.98 Å². The summed E-state index contributed by atoms with van der Waals surface area (Å²) in [5, 5.41) is 0. The van der Waals surface area contributed by atoms with Gasteiger partial charge in [-0.15, -0.1) is 0 Å². The quantitative estimate of drug-likeness (QED) is 0.500. The van der Waals surface area contributed by atoms with Gasteiger partial charge in [-0.2, -0.15) is 0 Å². The van der Waals surface area contributed by atoms with E-state index in [0.29, 0.717) is 17.2 Å². The number of aromatic nitrogens is 2. The van der Waals surface area contributed by atoms with Gasteiger partial charge in [0, 0.05) is 17.7 Å². The van der Waals surface area contributed by atoms with Crippen molar-refractivity contribution in [1.29, 1.82) is 0 Å². The lowest BCUT2D eigenvalue weighted by atomic mass is 9.88. The molecule has 4 nitrogen and oxygen atoms in total. The van der Waals surface area contributed by atoms with Crippen LogP contribution in [0.3, 0.4) is 0 Å². The molecule has 1 aromatic carbocycles. The van der Waals surface area contributed by atoms with Gasteiger partial charge in [0.25, 0.3) is 0 Å². The van der Waals surface area contributed by atoms with Crippen LogP contribution in [0, 0.1) is 12.7 Å². The minimum absolute atomic E-state index is 0.0756. The fraction of sp³-hybridized carbons (Fsp3) is 0.435. The maximum absolute atomic E-state index is 14.6. The molecule has 1 aliphatic rings. The number of ether oxygens (including phenoxy) is 1. The van der Waals surface area contributed by atoms with E-state index in [9.17, 15) is 9.18 Å². The molecule has 28 heavy (non-hydrogen) atoms. The van der Waals surface area contributed by atoms with Gasteiger partial charge in [-0.05, 0) is 66.0 Å². The Labute approximate surface area is 165 Å². The van der Waals surface area contributed by atoms with Crippen LogP contribution in [0.2, 0.25) is 0 Å². The first-order valence-corrected chi connectivity index (χ1v) is 9.66. The van der Waals surface area contributed by atoms with Crippen LogP contribution < -0.4 is 0 Å². The second-order valence-electron chi connectivity index (χ2n) is 8.45. The summed E-state index contributed by atoms with van der Waals surface area (Å²) in [4.78, 5) is 21.5. The van der Waals surface area contributed by atoms with Crippen LogP contribution in [0.25, 0.3) is 11.3 Å². The molecule has 0 amide bonds. The van der Waals surface area contributed by atoms with Gasteiger partial charge < -0.3 is 4.74 Å². The zero-order chi connectivity index (χ0) is 20.5. The molecule has 0 saturated heterocycles. The Balaban J connectivity index is 1.90. The Morgan fingerprint density at radius 2 is 2.00 bits per heavy atom. The van der Waals surface area contributed by atoms with Crippen molar-refractivity contribution in [2.24, 2.45) is 0 Å². The summed E-state index contributed by atoms with van der Waals surface area (Å²) in [6, 6.07) is 4.50. The summed E-state index contributed by atoms with van der Waals surface area (Å²) < 4.78 is 19.9. The molecule has 5 heteroatoms. The topological polar surface area (TPSA) is 52.1 Å². The third-order valence-electron chi connectivity index (χ3n) is 4.89. The van der Waals surface area contributed by atoms with Crippen molar-refractivity contribution in [3.8, 4) is 11.3 Å². The number of aryl methyl sites for hydroxylation is 1. The summed E-state index contributed by atoms with van der Waals surface area (Å²) in [6.07, 6.45) is 7.14. The van der Waals surface area contributed by atoms with Gasteiger partial charge in [-0.25, -0.2) is 14.2 Å². The summed E-state index contributed by atoms with van der Waals surface area (Å²) in [6.45, 7) is 9.27. The molecule has 0 aliphatic heterocycles. The van der Waals surface area contributed by atoms with E-state index in [4.69, 9.17) is 9.72 Å². The highest BCUT2D eigenvalue weighted by Gasteiger charge is 2.22. The Hall–Kier alpha value is -2.56. The van der Waals surface area contributed by atoms with Crippen molar-refractivity contribution in [2.75, 3.05) is 0 Å². The third-order valence-corrected chi connectivity index (χ3v) is 4.89. The Bertz CT molecular complexity index is 929. The molecule has 1 unspecified atom stereocenters. The SMILES string of the molecule is CC1=CCC(c2cnc(C)c(-c3ccc(C(=O)OC(C)(C)C)c(F)c3)n2)CC1. The summed E-state index contributed by atoms with van der Waals surface area (Å²) in [7, 11) is 0. The Kier molecular flexibility index (Phi) is 5.64. The molecule has 1 atom stereocenters. The molecule has 3 rings (SSSR count). The van der Waals surface area contributed by atoms with Crippen molar-refractivity contribution in [2.45, 2.75) is 65.4 Å². The zero-order valence-electron chi connectivity index (χ0n) is 17.2. The average Bonchev–Trinajstić information content (AvgIpc) is 2.61. The number of rotatable bonds is 3. The second kappa shape index (κ2) is 7.82. The number of nitrogens with zero attached hydrogens (tertiary/aromatic N) is 2. The van der Waals surface area contributed by atoms with Crippen LogP contribution in [0.15, 0.2) is 36.0 Å². The number of carbonyl (C=O) groups is 1. The highest BCUT2D eigenvalue weighted by molar-refractivity contribution is 5.90. The molecule has 0 saturated carbocycles. The summed E-state index contributed by atoms with van der Waals surface area (Å²) in [5.41, 5.74) is 3.59. The van der Waals surface area contributed by atoms with E-state index in [1.165, 1.54) is 17.7 Å². The van der Waals surface area contributed by atoms with Crippen molar-refractivity contribution >= 4 is 5.97 Å². The minimum atomic E-state index is -0.675. The van der Waals surface area contributed by atoms with Crippen molar-refractivity contribution < 1.29 is 13.9 Å². The highest BCUT2D eigenvalue weighted by Crippen LogP contribution is 2.32. The lowest BCUT2D eigenvalue weighted by Crippen LogP contribution is -2.24.